The van der Waals surface area contributed by atoms with E-state index in [9.17, 15) is 9.59 Å². The Balaban J connectivity index is 1.60. The zero-order valence-corrected chi connectivity index (χ0v) is 13.8. The van der Waals surface area contributed by atoms with Gasteiger partial charge in [-0.1, -0.05) is 17.7 Å². The lowest BCUT2D eigenvalue weighted by Gasteiger charge is -2.19. The van der Waals surface area contributed by atoms with E-state index in [1.807, 2.05) is 24.3 Å². The molecule has 124 valence electrons. The van der Waals surface area contributed by atoms with Crippen molar-refractivity contribution < 1.29 is 9.59 Å². The lowest BCUT2D eigenvalue weighted by molar-refractivity contribution is 0.0938. The van der Waals surface area contributed by atoms with Crippen LogP contribution in [0.4, 0.5) is 5.69 Å². The van der Waals surface area contributed by atoms with Crippen molar-refractivity contribution in [3.8, 4) is 0 Å². The Bertz CT molecular complexity index is 761. The van der Waals surface area contributed by atoms with Crippen molar-refractivity contribution in [1.82, 2.24) is 5.32 Å². The first-order chi connectivity index (χ1) is 11.5. The molecular formula is C18H18ClN3O2. The number of benzene rings is 2. The molecule has 5 nitrogen and oxygen atoms in total. The van der Waals surface area contributed by atoms with Crippen LogP contribution in [0.15, 0.2) is 48.5 Å². The fourth-order valence-corrected chi connectivity index (χ4v) is 3.02. The smallest absolute Gasteiger partial charge is 0.251 e. The van der Waals surface area contributed by atoms with Gasteiger partial charge >= 0.3 is 0 Å². The van der Waals surface area contributed by atoms with Crippen LogP contribution in [0.3, 0.4) is 0 Å². The average molecular weight is 344 g/mol. The molecule has 1 atom stereocenters. The minimum Gasteiger partial charge on any atom is -0.369 e. The number of carbonyl (C=O) groups is 2. The summed E-state index contributed by atoms with van der Waals surface area (Å²) in [6.07, 6.45) is 0.873. The van der Waals surface area contributed by atoms with E-state index >= 15 is 0 Å². The molecule has 0 aliphatic carbocycles. The second-order valence-corrected chi connectivity index (χ2v) is 6.26. The van der Waals surface area contributed by atoms with Crippen LogP contribution in [-0.4, -0.2) is 30.9 Å². The normalized spacial score (nSPS) is 16.9. The number of amides is 2. The van der Waals surface area contributed by atoms with Gasteiger partial charge in [-0.05, 0) is 48.9 Å². The van der Waals surface area contributed by atoms with Gasteiger partial charge in [0.1, 0.15) is 0 Å². The van der Waals surface area contributed by atoms with Gasteiger partial charge in [0.2, 0.25) is 5.91 Å². The van der Waals surface area contributed by atoms with Crippen LogP contribution >= 0.6 is 11.6 Å². The molecule has 0 spiro atoms. The molecule has 24 heavy (non-hydrogen) atoms. The maximum atomic E-state index is 12.3. The topological polar surface area (TPSA) is 75.4 Å². The van der Waals surface area contributed by atoms with Crippen LogP contribution < -0.4 is 16.0 Å². The Labute approximate surface area is 145 Å². The third kappa shape index (κ3) is 3.68. The number of rotatable bonds is 4. The first kappa shape index (κ1) is 16.3. The summed E-state index contributed by atoms with van der Waals surface area (Å²) < 4.78 is 0. The molecule has 0 unspecified atom stereocenters. The fraction of sp³-hybridized carbons (Fsp3) is 0.222. The molecule has 3 rings (SSSR count). The van der Waals surface area contributed by atoms with Gasteiger partial charge < -0.3 is 16.0 Å². The van der Waals surface area contributed by atoms with Crippen molar-refractivity contribution in [2.45, 2.75) is 12.5 Å². The standard InChI is InChI=1S/C18H18ClN3O2/c19-14-2-1-3-16(10-14)22-9-8-15(11-22)21-18(24)13-6-4-12(5-7-13)17(20)23/h1-7,10,15H,8-9,11H2,(H2,20,23)(H,21,24)/t15-/m1/s1. The molecule has 1 fully saturated rings. The number of anilines is 1. The maximum absolute atomic E-state index is 12.3. The summed E-state index contributed by atoms with van der Waals surface area (Å²) in [4.78, 5) is 25.6. The number of halogens is 1. The summed E-state index contributed by atoms with van der Waals surface area (Å²) in [7, 11) is 0. The van der Waals surface area contributed by atoms with E-state index in [1.165, 1.54) is 0 Å². The second kappa shape index (κ2) is 6.93. The molecule has 0 saturated carbocycles. The number of nitrogens with one attached hydrogen (secondary N) is 1. The van der Waals surface area contributed by atoms with E-state index in [-0.39, 0.29) is 11.9 Å². The average Bonchev–Trinajstić information content (AvgIpc) is 3.03. The van der Waals surface area contributed by atoms with Gasteiger partial charge in [0.25, 0.3) is 5.91 Å². The number of nitrogens with two attached hydrogens (primary N) is 1. The lowest BCUT2D eigenvalue weighted by atomic mass is 10.1. The number of hydrogen-bond donors (Lipinski definition) is 2. The molecule has 6 heteroatoms. The van der Waals surface area contributed by atoms with Gasteiger partial charge in [-0.25, -0.2) is 0 Å². The number of primary amides is 1. The van der Waals surface area contributed by atoms with Crippen molar-refractivity contribution >= 4 is 29.1 Å². The highest BCUT2D eigenvalue weighted by Gasteiger charge is 2.24. The number of carbonyl (C=O) groups excluding carboxylic acids is 2. The fourth-order valence-electron chi connectivity index (χ4n) is 2.84. The Morgan fingerprint density at radius 1 is 1.12 bits per heavy atom. The number of nitrogens with zero attached hydrogens (tertiary/aromatic N) is 1. The molecule has 1 heterocycles. The monoisotopic (exact) mass is 343 g/mol. The molecule has 1 aliphatic heterocycles. The van der Waals surface area contributed by atoms with Crippen LogP contribution in [-0.2, 0) is 0 Å². The molecule has 1 saturated heterocycles. The van der Waals surface area contributed by atoms with Gasteiger partial charge in [-0.15, -0.1) is 0 Å². The van der Waals surface area contributed by atoms with Gasteiger partial charge in [0.15, 0.2) is 0 Å². The predicted molar refractivity (Wildman–Crippen MR) is 94.5 cm³/mol. The Kier molecular flexibility index (Phi) is 4.71. The van der Waals surface area contributed by atoms with Crippen LogP contribution in [0, 0.1) is 0 Å². The zero-order chi connectivity index (χ0) is 17.1. The van der Waals surface area contributed by atoms with Crippen molar-refractivity contribution in [2.24, 2.45) is 5.73 Å². The highest BCUT2D eigenvalue weighted by molar-refractivity contribution is 6.30. The highest BCUT2D eigenvalue weighted by atomic mass is 35.5. The Hall–Kier alpha value is -2.53. The summed E-state index contributed by atoms with van der Waals surface area (Å²) in [5, 5.41) is 3.73. The molecule has 1 aliphatic rings. The van der Waals surface area contributed by atoms with E-state index < -0.39 is 5.91 Å². The highest BCUT2D eigenvalue weighted by Crippen LogP contribution is 2.23. The summed E-state index contributed by atoms with van der Waals surface area (Å²) in [6, 6.07) is 14.1. The lowest BCUT2D eigenvalue weighted by Crippen LogP contribution is -2.37. The van der Waals surface area contributed by atoms with Crippen molar-refractivity contribution in [3.05, 3.63) is 64.7 Å². The van der Waals surface area contributed by atoms with Crippen molar-refractivity contribution in [1.29, 1.82) is 0 Å². The molecule has 2 amide bonds. The minimum atomic E-state index is -0.505. The van der Waals surface area contributed by atoms with Crippen molar-refractivity contribution in [3.63, 3.8) is 0 Å². The third-order valence-electron chi connectivity index (χ3n) is 4.13. The Morgan fingerprint density at radius 3 is 2.50 bits per heavy atom. The first-order valence-corrected chi connectivity index (χ1v) is 8.12. The second-order valence-electron chi connectivity index (χ2n) is 5.83. The molecule has 3 N–H and O–H groups in total. The minimum absolute atomic E-state index is 0.0762. The van der Waals surface area contributed by atoms with Crippen molar-refractivity contribution in [2.75, 3.05) is 18.0 Å². The molecule has 0 bridgehead atoms. The largest absolute Gasteiger partial charge is 0.369 e. The van der Waals surface area contributed by atoms with E-state index in [0.29, 0.717) is 16.1 Å². The van der Waals surface area contributed by atoms with Gasteiger partial charge in [0.05, 0.1) is 0 Å². The van der Waals surface area contributed by atoms with E-state index in [1.54, 1.807) is 24.3 Å². The molecule has 0 radical (unpaired) electrons. The van der Waals surface area contributed by atoms with Crippen LogP contribution in [0.5, 0.6) is 0 Å². The molecule has 2 aromatic rings. The maximum Gasteiger partial charge on any atom is 0.251 e. The summed E-state index contributed by atoms with van der Waals surface area (Å²) in [5.74, 6) is -0.654. The molecule has 2 aromatic carbocycles. The quantitative estimate of drug-likeness (QED) is 0.895. The summed E-state index contributed by atoms with van der Waals surface area (Å²) in [5.41, 5.74) is 7.16. The SMILES string of the molecule is NC(=O)c1ccc(C(=O)N[C@@H]2CCN(c3cccc(Cl)c3)C2)cc1. The van der Waals surface area contributed by atoms with Crippen LogP contribution in [0.25, 0.3) is 0 Å². The molecule has 0 aromatic heterocycles. The summed E-state index contributed by atoms with van der Waals surface area (Å²) in [6.45, 7) is 1.61. The Morgan fingerprint density at radius 2 is 1.83 bits per heavy atom. The number of hydrogen-bond acceptors (Lipinski definition) is 3. The van der Waals surface area contributed by atoms with Gasteiger partial charge in [-0.2, -0.15) is 0 Å². The third-order valence-corrected chi connectivity index (χ3v) is 4.36. The first-order valence-electron chi connectivity index (χ1n) is 7.74. The van der Waals surface area contributed by atoms with Crippen LogP contribution in [0.1, 0.15) is 27.1 Å². The van der Waals surface area contributed by atoms with E-state index in [2.05, 4.69) is 10.2 Å². The zero-order valence-electron chi connectivity index (χ0n) is 13.0. The summed E-state index contributed by atoms with van der Waals surface area (Å²) >= 11 is 6.03. The van der Waals surface area contributed by atoms with Gasteiger partial charge in [0, 0.05) is 41.0 Å². The molecular weight excluding hydrogens is 326 g/mol. The van der Waals surface area contributed by atoms with Crippen LogP contribution in [0.2, 0.25) is 5.02 Å². The van der Waals surface area contributed by atoms with Gasteiger partial charge in [-0.3, -0.25) is 9.59 Å². The predicted octanol–water partition coefficient (Wildman–Crippen LogP) is 2.45. The van der Waals surface area contributed by atoms with E-state index in [4.69, 9.17) is 17.3 Å². The van der Waals surface area contributed by atoms with E-state index in [0.717, 1.165) is 25.2 Å².